The highest BCUT2D eigenvalue weighted by atomic mass is 16.5. The molecule has 4 aromatic rings. The molecule has 0 spiro atoms. The molecule has 0 atom stereocenters. The van der Waals surface area contributed by atoms with E-state index in [-0.39, 0.29) is 0 Å². The molecule has 3 nitrogen and oxygen atoms in total. The molecule has 0 aliphatic carbocycles. The summed E-state index contributed by atoms with van der Waals surface area (Å²) in [5, 5.41) is 3.54. The van der Waals surface area contributed by atoms with Crippen molar-refractivity contribution >= 4 is 27.2 Å². The summed E-state index contributed by atoms with van der Waals surface area (Å²) in [6.45, 7) is 0.559. The summed E-state index contributed by atoms with van der Waals surface area (Å²) in [6, 6.07) is 19.0. The summed E-state index contributed by atoms with van der Waals surface area (Å²) < 4.78 is 13.2. The molecule has 0 unspecified atom stereocenters. The van der Waals surface area contributed by atoms with Crippen LogP contribution >= 0.6 is 0 Å². The first-order valence-corrected chi connectivity index (χ1v) is 7.31. The Labute approximate surface area is 128 Å². The Balaban J connectivity index is 2.24. The molecule has 22 heavy (non-hydrogen) atoms. The molecule has 0 saturated carbocycles. The summed E-state index contributed by atoms with van der Waals surface area (Å²) in [5.41, 5.74) is 3.51. The fourth-order valence-corrected chi connectivity index (χ4v) is 3.24. The van der Waals surface area contributed by atoms with E-state index in [1.807, 2.05) is 12.1 Å². The van der Waals surface area contributed by atoms with Crippen molar-refractivity contribution in [3.8, 4) is 5.75 Å². The van der Waals surface area contributed by atoms with Crippen LogP contribution in [0, 0.1) is 0 Å². The van der Waals surface area contributed by atoms with Crippen molar-refractivity contribution in [2.45, 2.75) is 6.61 Å². The molecule has 4 rings (SSSR count). The van der Waals surface area contributed by atoms with Gasteiger partial charge in [-0.3, -0.25) is 0 Å². The average molecular weight is 291 g/mol. The smallest absolute Gasteiger partial charge is 0.126 e. The van der Waals surface area contributed by atoms with Gasteiger partial charge in [0.2, 0.25) is 0 Å². The van der Waals surface area contributed by atoms with Gasteiger partial charge in [-0.05, 0) is 24.3 Å². The molecule has 110 valence electrons. The lowest BCUT2D eigenvalue weighted by Gasteiger charge is -2.12. The first kappa shape index (κ1) is 13.2. The minimum absolute atomic E-state index is 0.559. The highest BCUT2D eigenvalue weighted by Crippen LogP contribution is 2.33. The molecule has 2 heterocycles. The second kappa shape index (κ2) is 5.04. The molecule has 0 N–H and O–H groups in total. The second-order valence-corrected chi connectivity index (χ2v) is 5.41. The lowest BCUT2D eigenvalue weighted by Crippen LogP contribution is -1.99. The predicted octanol–water partition coefficient (Wildman–Crippen LogP) is 4.40. The van der Waals surface area contributed by atoms with Gasteiger partial charge in [0.15, 0.2) is 0 Å². The van der Waals surface area contributed by atoms with Crippen molar-refractivity contribution in [2.75, 3.05) is 14.2 Å². The van der Waals surface area contributed by atoms with Gasteiger partial charge in [0.25, 0.3) is 0 Å². The summed E-state index contributed by atoms with van der Waals surface area (Å²) in [4.78, 5) is 0. The predicted molar refractivity (Wildman–Crippen MR) is 89.7 cm³/mol. The van der Waals surface area contributed by atoms with Crippen LogP contribution in [0.15, 0.2) is 54.6 Å². The third kappa shape index (κ3) is 1.79. The van der Waals surface area contributed by atoms with Gasteiger partial charge in [-0.1, -0.05) is 30.3 Å². The van der Waals surface area contributed by atoms with E-state index < -0.39 is 0 Å². The van der Waals surface area contributed by atoms with Crippen LogP contribution in [-0.4, -0.2) is 18.6 Å². The van der Waals surface area contributed by atoms with Crippen LogP contribution in [0.25, 0.3) is 27.2 Å². The Hall–Kier alpha value is -2.52. The van der Waals surface area contributed by atoms with E-state index in [4.69, 9.17) is 9.47 Å². The van der Waals surface area contributed by atoms with Gasteiger partial charge < -0.3 is 13.9 Å². The van der Waals surface area contributed by atoms with Gasteiger partial charge in [0.1, 0.15) is 5.75 Å². The highest BCUT2D eigenvalue weighted by molar-refractivity contribution is 6.04. The second-order valence-electron chi connectivity index (χ2n) is 5.41. The van der Waals surface area contributed by atoms with Gasteiger partial charge >= 0.3 is 0 Å². The summed E-state index contributed by atoms with van der Waals surface area (Å²) in [5.74, 6) is 0.891. The Morgan fingerprint density at radius 1 is 0.864 bits per heavy atom. The quantitative estimate of drug-likeness (QED) is 0.558. The van der Waals surface area contributed by atoms with E-state index in [1.54, 1.807) is 14.2 Å². The van der Waals surface area contributed by atoms with Crippen LogP contribution in [0.1, 0.15) is 5.69 Å². The third-order valence-electron chi connectivity index (χ3n) is 4.16. The molecular weight excluding hydrogens is 274 g/mol. The topological polar surface area (TPSA) is 22.9 Å². The molecule has 0 radical (unpaired) electrons. The monoisotopic (exact) mass is 291 g/mol. The maximum absolute atomic E-state index is 5.53. The molecule has 0 amide bonds. The summed E-state index contributed by atoms with van der Waals surface area (Å²) >= 11 is 0. The highest BCUT2D eigenvalue weighted by Gasteiger charge is 2.12. The number of pyridine rings is 1. The van der Waals surface area contributed by atoms with E-state index in [0.29, 0.717) is 6.61 Å². The average Bonchev–Trinajstić information content (AvgIpc) is 2.94. The third-order valence-corrected chi connectivity index (χ3v) is 4.16. The Kier molecular flexibility index (Phi) is 3.01. The van der Waals surface area contributed by atoms with Crippen molar-refractivity contribution < 1.29 is 9.47 Å². The summed E-state index contributed by atoms with van der Waals surface area (Å²) in [6.07, 6.45) is 0. The van der Waals surface area contributed by atoms with E-state index in [0.717, 1.165) is 16.8 Å². The number of nitrogens with zero attached hydrogens (tertiary/aromatic N) is 1. The number of ether oxygens (including phenoxy) is 2. The minimum atomic E-state index is 0.559. The molecule has 0 aliphatic rings. The van der Waals surface area contributed by atoms with E-state index >= 15 is 0 Å². The van der Waals surface area contributed by atoms with Crippen molar-refractivity contribution in [2.24, 2.45) is 0 Å². The number of fused-ring (bicyclic) bond motifs is 5. The SMILES string of the molecule is COCc1cc2c(OC)cccc2c2cc3ccccc3n12. The van der Waals surface area contributed by atoms with Crippen molar-refractivity contribution in [3.05, 3.63) is 60.3 Å². The van der Waals surface area contributed by atoms with Gasteiger partial charge in [-0.2, -0.15) is 0 Å². The number of aromatic nitrogens is 1. The number of hydrogen-bond donors (Lipinski definition) is 0. The lowest BCUT2D eigenvalue weighted by molar-refractivity contribution is 0.181. The van der Waals surface area contributed by atoms with Crippen molar-refractivity contribution in [1.29, 1.82) is 0 Å². The Morgan fingerprint density at radius 3 is 2.55 bits per heavy atom. The van der Waals surface area contributed by atoms with Crippen molar-refractivity contribution in [3.63, 3.8) is 0 Å². The van der Waals surface area contributed by atoms with Crippen LogP contribution < -0.4 is 4.74 Å². The largest absolute Gasteiger partial charge is 0.496 e. The number of methoxy groups -OCH3 is 2. The van der Waals surface area contributed by atoms with Crippen LogP contribution in [0.5, 0.6) is 5.75 Å². The number of benzene rings is 2. The number of hydrogen-bond acceptors (Lipinski definition) is 2. The van der Waals surface area contributed by atoms with E-state index in [1.165, 1.54) is 21.8 Å². The maximum Gasteiger partial charge on any atom is 0.126 e. The maximum atomic E-state index is 5.53. The van der Waals surface area contributed by atoms with Gasteiger partial charge in [0.05, 0.1) is 24.8 Å². The van der Waals surface area contributed by atoms with Crippen LogP contribution in [-0.2, 0) is 11.3 Å². The molecule has 2 aromatic carbocycles. The zero-order chi connectivity index (χ0) is 15.1. The molecular formula is C19H17NO2. The van der Waals surface area contributed by atoms with Crippen LogP contribution in [0.4, 0.5) is 0 Å². The Bertz CT molecular complexity index is 985. The number of rotatable bonds is 3. The zero-order valence-corrected chi connectivity index (χ0v) is 12.7. The molecule has 0 bridgehead atoms. The normalized spacial score (nSPS) is 11.5. The van der Waals surface area contributed by atoms with Crippen LogP contribution in [0.2, 0.25) is 0 Å². The fraction of sp³-hybridized carbons (Fsp3) is 0.158. The van der Waals surface area contributed by atoms with Gasteiger partial charge in [0, 0.05) is 29.0 Å². The van der Waals surface area contributed by atoms with Gasteiger partial charge in [-0.25, -0.2) is 0 Å². The standard InChI is InChI=1S/C19H17NO2/c1-21-12-14-11-16-15(7-5-9-19(16)22-2)18-10-13-6-3-4-8-17(13)20(14)18/h3-11H,12H2,1-2H3. The molecule has 2 aromatic heterocycles. The first-order chi connectivity index (χ1) is 10.8. The first-order valence-electron chi connectivity index (χ1n) is 7.31. The van der Waals surface area contributed by atoms with E-state index in [9.17, 15) is 0 Å². The number of para-hydroxylation sites is 1. The van der Waals surface area contributed by atoms with Gasteiger partial charge in [-0.15, -0.1) is 0 Å². The molecule has 3 heteroatoms. The zero-order valence-electron chi connectivity index (χ0n) is 12.7. The summed E-state index contributed by atoms with van der Waals surface area (Å²) in [7, 11) is 3.44. The van der Waals surface area contributed by atoms with E-state index in [2.05, 4.69) is 46.9 Å². The molecule has 0 fully saturated rings. The minimum Gasteiger partial charge on any atom is -0.496 e. The lowest BCUT2D eigenvalue weighted by atomic mass is 10.1. The van der Waals surface area contributed by atoms with Crippen molar-refractivity contribution in [1.82, 2.24) is 4.40 Å². The van der Waals surface area contributed by atoms with Crippen LogP contribution in [0.3, 0.4) is 0 Å². The fourth-order valence-electron chi connectivity index (χ4n) is 3.24. The molecule has 0 saturated heterocycles. The molecule has 0 aliphatic heterocycles. The Morgan fingerprint density at radius 2 is 1.73 bits per heavy atom.